The Morgan fingerprint density at radius 1 is 1.21 bits per heavy atom. The van der Waals surface area contributed by atoms with Crippen molar-refractivity contribution in [3.63, 3.8) is 0 Å². The summed E-state index contributed by atoms with van der Waals surface area (Å²) in [6, 6.07) is 11.9. The second-order valence-electron chi connectivity index (χ2n) is 5.31. The van der Waals surface area contributed by atoms with Crippen LogP contribution < -0.4 is 10.6 Å². The normalized spacial score (nSPS) is 11.5. The number of aliphatic imine (C=N–C) groups is 1. The van der Waals surface area contributed by atoms with Gasteiger partial charge in [-0.25, -0.2) is 0 Å². The minimum atomic E-state index is 0.564. The molecule has 0 saturated carbocycles. The number of nitrogens with one attached hydrogen (secondary N) is 2. The molecule has 0 aliphatic heterocycles. The van der Waals surface area contributed by atoms with Gasteiger partial charge < -0.3 is 19.9 Å². The summed E-state index contributed by atoms with van der Waals surface area (Å²) in [6.07, 6.45) is 2.09. The Kier molecular flexibility index (Phi) is 7.83. The highest BCUT2D eigenvalue weighted by atomic mass is 16.5. The predicted octanol–water partition coefficient (Wildman–Crippen LogP) is 2.82. The summed E-state index contributed by atoms with van der Waals surface area (Å²) >= 11 is 0. The number of guanidine groups is 1. The maximum Gasteiger partial charge on any atom is 0.191 e. The van der Waals surface area contributed by atoms with Crippen molar-refractivity contribution in [2.75, 3.05) is 26.8 Å². The Morgan fingerprint density at radius 3 is 2.79 bits per heavy atom. The Morgan fingerprint density at radius 2 is 2.04 bits per heavy atom. The molecule has 0 radical (unpaired) electrons. The zero-order valence-corrected chi connectivity index (χ0v) is 14.4. The molecule has 0 bridgehead atoms. The van der Waals surface area contributed by atoms with Crippen molar-refractivity contribution in [3.05, 3.63) is 42.1 Å². The molecular weight excluding hydrogens is 304 g/mol. The molecule has 6 nitrogen and oxygen atoms in total. The highest BCUT2D eigenvalue weighted by Crippen LogP contribution is 2.19. The topological polar surface area (TPSA) is 71.7 Å². The van der Waals surface area contributed by atoms with Gasteiger partial charge in [-0.05, 0) is 19.8 Å². The third-order valence-electron chi connectivity index (χ3n) is 3.49. The van der Waals surface area contributed by atoms with E-state index in [2.05, 4.69) is 20.8 Å². The molecule has 6 heteroatoms. The number of ether oxygens (including phenoxy) is 1. The summed E-state index contributed by atoms with van der Waals surface area (Å²) in [5.41, 5.74) is 1.86. The van der Waals surface area contributed by atoms with Crippen molar-refractivity contribution < 1.29 is 9.26 Å². The zero-order valence-electron chi connectivity index (χ0n) is 14.4. The maximum atomic E-state index is 5.39. The maximum absolute atomic E-state index is 5.39. The SMILES string of the molecule is CCOCCCCNC(=NC)NCc1cc(-c2ccccc2)on1. The minimum Gasteiger partial charge on any atom is -0.382 e. The molecular formula is C18H26N4O2. The predicted molar refractivity (Wildman–Crippen MR) is 95.9 cm³/mol. The van der Waals surface area contributed by atoms with E-state index in [0.29, 0.717) is 6.54 Å². The van der Waals surface area contributed by atoms with E-state index >= 15 is 0 Å². The molecule has 24 heavy (non-hydrogen) atoms. The van der Waals surface area contributed by atoms with E-state index in [1.807, 2.05) is 43.3 Å². The van der Waals surface area contributed by atoms with E-state index in [4.69, 9.17) is 9.26 Å². The largest absolute Gasteiger partial charge is 0.382 e. The van der Waals surface area contributed by atoms with Crippen LogP contribution in [0.3, 0.4) is 0 Å². The zero-order chi connectivity index (χ0) is 17.0. The first-order valence-electron chi connectivity index (χ1n) is 8.36. The van der Waals surface area contributed by atoms with Crippen molar-refractivity contribution in [2.24, 2.45) is 4.99 Å². The number of unbranched alkanes of at least 4 members (excludes halogenated alkanes) is 1. The summed E-state index contributed by atoms with van der Waals surface area (Å²) in [6.45, 7) is 5.03. The van der Waals surface area contributed by atoms with Crippen LogP contribution in [0.4, 0.5) is 0 Å². The smallest absolute Gasteiger partial charge is 0.191 e. The number of benzene rings is 1. The lowest BCUT2D eigenvalue weighted by atomic mass is 10.2. The Bertz CT molecular complexity index is 610. The van der Waals surface area contributed by atoms with Gasteiger partial charge in [0.2, 0.25) is 0 Å². The molecule has 1 aromatic heterocycles. The van der Waals surface area contributed by atoms with Crippen LogP contribution in [0.5, 0.6) is 0 Å². The fourth-order valence-corrected chi connectivity index (χ4v) is 2.21. The van der Waals surface area contributed by atoms with E-state index in [0.717, 1.165) is 55.6 Å². The Balaban J connectivity index is 1.72. The van der Waals surface area contributed by atoms with Crippen LogP contribution in [0.1, 0.15) is 25.5 Å². The van der Waals surface area contributed by atoms with E-state index in [1.165, 1.54) is 0 Å². The van der Waals surface area contributed by atoms with Gasteiger partial charge >= 0.3 is 0 Å². The first-order chi connectivity index (χ1) is 11.8. The van der Waals surface area contributed by atoms with Gasteiger partial charge in [0, 0.05) is 38.4 Å². The van der Waals surface area contributed by atoms with Crippen LogP contribution in [0.15, 0.2) is 45.9 Å². The first kappa shape index (κ1) is 18.0. The van der Waals surface area contributed by atoms with E-state index in [1.54, 1.807) is 7.05 Å². The molecule has 0 amide bonds. The number of hydrogen-bond donors (Lipinski definition) is 2. The highest BCUT2D eigenvalue weighted by Gasteiger charge is 2.06. The summed E-state index contributed by atoms with van der Waals surface area (Å²) < 4.78 is 10.7. The second kappa shape index (κ2) is 10.4. The number of hydrogen-bond acceptors (Lipinski definition) is 4. The highest BCUT2D eigenvalue weighted by molar-refractivity contribution is 5.79. The second-order valence-corrected chi connectivity index (χ2v) is 5.31. The molecule has 0 atom stereocenters. The standard InChI is InChI=1S/C18H26N4O2/c1-3-23-12-8-7-11-20-18(19-2)21-14-16-13-17(24-22-16)15-9-5-4-6-10-15/h4-6,9-10,13H,3,7-8,11-12,14H2,1-2H3,(H2,19,20,21). The van der Waals surface area contributed by atoms with Gasteiger partial charge in [-0.3, -0.25) is 4.99 Å². The molecule has 0 aliphatic rings. The van der Waals surface area contributed by atoms with E-state index in [-0.39, 0.29) is 0 Å². The van der Waals surface area contributed by atoms with Crippen LogP contribution in [0, 0.1) is 0 Å². The van der Waals surface area contributed by atoms with Gasteiger partial charge in [0.15, 0.2) is 11.7 Å². The van der Waals surface area contributed by atoms with Gasteiger partial charge in [-0.2, -0.15) is 0 Å². The summed E-state index contributed by atoms with van der Waals surface area (Å²) in [7, 11) is 1.76. The summed E-state index contributed by atoms with van der Waals surface area (Å²) in [4.78, 5) is 4.21. The quantitative estimate of drug-likeness (QED) is 0.420. The molecule has 2 N–H and O–H groups in total. The number of nitrogens with zero attached hydrogens (tertiary/aromatic N) is 2. The minimum absolute atomic E-state index is 0.564. The monoisotopic (exact) mass is 330 g/mol. The molecule has 1 heterocycles. The molecule has 0 fully saturated rings. The van der Waals surface area contributed by atoms with Gasteiger partial charge in [0.1, 0.15) is 5.69 Å². The molecule has 2 rings (SSSR count). The lowest BCUT2D eigenvalue weighted by Gasteiger charge is -2.10. The molecule has 0 aliphatic carbocycles. The van der Waals surface area contributed by atoms with Crippen molar-refractivity contribution in [2.45, 2.75) is 26.3 Å². The van der Waals surface area contributed by atoms with Crippen LogP contribution >= 0.6 is 0 Å². The average Bonchev–Trinajstić information content (AvgIpc) is 3.10. The fraction of sp³-hybridized carbons (Fsp3) is 0.444. The van der Waals surface area contributed by atoms with Crippen molar-refractivity contribution >= 4 is 5.96 Å². The molecule has 2 aromatic rings. The number of aromatic nitrogens is 1. The Labute approximate surface area is 143 Å². The molecule has 0 unspecified atom stereocenters. The van der Waals surface area contributed by atoms with Gasteiger partial charge in [-0.15, -0.1) is 0 Å². The third-order valence-corrected chi connectivity index (χ3v) is 3.49. The average molecular weight is 330 g/mol. The fourth-order valence-electron chi connectivity index (χ4n) is 2.21. The van der Waals surface area contributed by atoms with Crippen LogP contribution in [-0.2, 0) is 11.3 Å². The van der Waals surface area contributed by atoms with Crippen LogP contribution in [0.25, 0.3) is 11.3 Å². The first-order valence-corrected chi connectivity index (χ1v) is 8.36. The molecule has 130 valence electrons. The van der Waals surface area contributed by atoms with Crippen molar-refractivity contribution in [3.8, 4) is 11.3 Å². The van der Waals surface area contributed by atoms with Crippen molar-refractivity contribution in [1.29, 1.82) is 0 Å². The van der Waals surface area contributed by atoms with Crippen LogP contribution in [-0.4, -0.2) is 37.9 Å². The molecule has 0 saturated heterocycles. The molecule has 1 aromatic carbocycles. The van der Waals surface area contributed by atoms with E-state index in [9.17, 15) is 0 Å². The van der Waals surface area contributed by atoms with Crippen LogP contribution in [0.2, 0.25) is 0 Å². The molecule has 0 spiro atoms. The van der Waals surface area contributed by atoms with Gasteiger partial charge in [0.05, 0.1) is 6.54 Å². The summed E-state index contributed by atoms with van der Waals surface area (Å²) in [5.74, 6) is 1.53. The van der Waals surface area contributed by atoms with Gasteiger partial charge in [0.25, 0.3) is 0 Å². The summed E-state index contributed by atoms with van der Waals surface area (Å²) in [5, 5.41) is 10.6. The third kappa shape index (κ3) is 6.04. The number of rotatable bonds is 9. The van der Waals surface area contributed by atoms with Crippen molar-refractivity contribution in [1.82, 2.24) is 15.8 Å². The lowest BCUT2D eigenvalue weighted by Crippen LogP contribution is -2.37. The lowest BCUT2D eigenvalue weighted by molar-refractivity contribution is 0.143. The van der Waals surface area contributed by atoms with Gasteiger partial charge in [-0.1, -0.05) is 35.5 Å². The Hall–Kier alpha value is -2.34. The van der Waals surface area contributed by atoms with E-state index < -0.39 is 0 Å².